The summed E-state index contributed by atoms with van der Waals surface area (Å²) >= 11 is 0. The third-order valence-corrected chi connectivity index (χ3v) is 7.90. The van der Waals surface area contributed by atoms with Crippen LogP contribution in [0.4, 0.5) is 23.4 Å². The number of hydrogen-bond acceptors (Lipinski definition) is 5. The summed E-state index contributed by atoms with van der Waals surface area (Å²) in [6, 6.07) is 3.89. The number of carbonyl (C=O) groups is 1. The van der Waals surface area contributed by atoms with Gasteiger partial charge in [0.05, 0.1) is 23.8 Å². The Kier molecular flexibility index (Phi) is 6.89. The lowest BCUT2D eigenvalue weighted by Crippen LogP contribution is -2.57. The van der Waals surface area contributed by atoms with Gasteiger partial charge in [0.15, 0.2) is 0 Å². The number of alkyl halides is 3. The third-order valence-electron chi connectivity index (χ3n) is 7.90. The van der Waals surface area contributed by atoms with Crippen LogP contribution in [-0.2, 0) is 22.5 Å². The van der Waals surface area contributed by atoms with Gasteiger partial charge in [-0.25, -0.2) is 27.5 Å². The van der Waals surface area contributed by atoms with Crippen molar-refractivity contribution in [2.45, 2.75) is 88.1 Å². The molecule has 1 saturated heterocycles. The number of nitrogens with zero attached hydrogens (tertiary/aromatic N) is 2. The minimum atomic E-state index is -2.91. The van der Waals surface area contributed by atoms with E-state index >= 15 is 0 Å². The molecule has 36 heavy (non-hydrogen) atoms. The van der Waals surface area contributed by atoms with Gasteiger partial charge in [-0.15, -0.1) is 0 Å². The van der Waals surface area contributed by atoms with Crippen LogP contribution < -0.4 is 10.6 Å². The molecule has 2 N–H and O–H groups in total. The number of aromatic nitrogens is 2. The summed E-state index contributed by atoms with van der Waals surface area (Å²) in [6.45, 7) is 0.493. The molecule has 1 unspecified atom stereocenters. The Morgan fingerprint density at radius 2 is 1.89 bits per heavy atom. The van der Waals surface area contributed by atoms with Gasteiger partial charge < -0.3 is 15.4 Å². The molecule has 4 aliphatic rings. The second-order valence-electron chi connectivity index (χ2n) is 10.2. The van der Waals surface area contributed by atoms with Crippen molar-refractivity contribution >= 4 is 11.7 Å². The quantitative estimate of drug-likeness (QED) is 0.463. The largest absolute Gasteiger partial charge is 0.373 e. The molecule has 6 rings (SSSR count). The van der Waals surface area contributed by atoms with E-state index in [1.165, 1.54) is 18.5 Å². The highest BCUT2D eigenvalue weighted by atomic mass is 19.3. The molecular formula is C26H30F4N4O2. The third kappa shape index (κ3) is 5.05. The topological polar surface area (TPSA) is 76.1 Å². The lowest BCUT2D eigenvalue weighted by Gasteiger charge is -2.50. The molecule has 2 aromatic rings. The fourth-order valence-corrected chi connectivity index (χ4v) is 5.76. The first-order valence-corrected chi connectivity index (χ1v) is 12.5. The molecular weight excluding hydrogens is 476 g/mol. The second kappa shape index (κ2) is 9.95. The van der Waals surface area contributed by atoms with Crippen molar-refractivity contribution in [2.24, 2.45) is 0 Å². The van der Waals surface area contributed by atoms with E-state index in [1.54, 1.807) is 0 Å². The molecule has 1 aliphatic heterocycles. The van der Waals surface area contributed by atoms with Crippen LogP contribution in [0, 0.1) is 5.82 Å². The molecule has 10 heteroatoms. The Labute approximate surface area is 207 Å². The summed E-state index contributed by atoms with van der Waals surface area (Å²) in [5.41, 5.74) is -0.882. The average Bonchev–Trinajstić information content (AvgIpc) is 3.39. The minimum absolute atomic E-state index is 0.00411. The average molecular weight is 507 g/mol. The van der Waals surface area contributed by atoms with E-state index in [4.69, 9.17) is 4.74 Å². The molecule has 2 heterocycles. The van der Waals surface area contributed by atoms with Crippen molar-refractivity contribution in [2.75, 3.05) is 11.9 Å². The highest BCUT2D eigenvalue weighted by Crippen LogP contribution is 2.49. The van der Waals surface area contributed by atoms with Gasteiger partial charge in [0.2, 0.25) is 5.91 Å². The molecule has 1 aromatic heterocycles. The van der Waals surface area contributed by atoms with Crippen molar-refractivity contribution < 1.29 is 27.1 Å². The standard InChI is InChI=1S/C26H30F4N4O2/c27-22-16(3-1-4-17(22)23(28)29)14-31-24-21(19-5-2-12-36-19)18(32-15-33-24)13-20(35)34-26-9-6-25(30,7-10-26)8-11-26/h1,3-4,15,19,23H,2,5-14H2,(H,34,35)(H,31,32,33). The number of amides is 1. The van der Waals surface area contributed by atoms with Gasteiger partial charge in [0.25, 0.3) is 6.43 Å². The van der Waals surface area contributed by atoms with Crippen LogP contribution in [0.5, 0.6) is 0 Å². The van der Waals surface area contributed by atoms with Crippen LogP contribution in [0.1, 0.15) is 86.3 Å². The Morgan fingerprint density at radius 1 is 1.14 bits per heavy atom. The number of carbonyl (C=O) groups excluding carboxylic acids is 1. The normalized spacial score (nSPS) is 27.4. The van der Waals surface area contributed by atoms with Crippen LogP contribution in [0.15, 0.2) is 24.5 Å². The molecule has 6 nitrogen and oxygen atoms in total. The summed E-state index contributed by atoms with van der Waals surface area (Å²) in [6.07, 6.45) is 2.95. The maximum absolute atomic E-state index is 14.5. The van der Waals surface area contributed by atoms with Crippen molar-refractivity contribution in [3.8, 4) is 0 Å². The van der Waals surface area contributed by atoms with Crippen molar-refractivity contribution in [3.05, 3.63) is 52.7 Å². The molecule has 194 valence electrons. The Morgan fingerprint density at radius 3 is 2.56 bits per heavy atom. The number of halogens is 4. The number of anilines is 1. The van der Waals surface area contributed by atoms with Gasteiger partial charge in [0, 0.05) is 29.8 Å². The van der Waals surface area contributed by atoms with Crippen LogP contribution in [0.3, 0.4) is 0 Å². The van der Waals surface area contributed by atoms with Gasteiger partial charge in [-0.3, -0.25) is 4.79 Å². The zero-order chi connectivity index (χ0) is 25.3. The van der Waals surface area contributed by atoms with Gasteiger partial charge >= 0.3 is 0 Å². The fraction of sp³-hybridized carbons (Fsp3) is 0.577. The predicted molar refractivity (Wildman–Crippen MR) is 125 cm³/mol. The summed E-state index contributed by atoms with van der Waals surface area (Å²) in [5.74, 6) is -0.760. The Bertz CT molecular complexity index is 1100. The first-order chi connectivity index (χ1) is 17.3. The Balaban J connectivity index is 1.34. The maximum atomic E-state index is 14.5. The fourth-order valence-electron chi connectivity index (χ4n) is 5.76. The van der Waals surface area contributed by atoms with E-state index in [-0.39, 0.29) is 36.1 Å². The molecule has 0 radical (unpaired) electrons. The van der Waals surface area contributed by atoms with E-state index in [9.17, 15) is 22.4 Å². The number of fused-ring (bicyclic) bond motifs is 3. The summed E-state index contributed by atoms with van der Waals surface area (Å²) < 4.78 is 61.2. The number of ether oxygens (including phenoxy) is 1. The van der Waals surface area contributed by atoms with Gasteiger partial charge in [0.1, 0.15) is 23.6 Å². The SMILES string of the molecule is O=C(Cc1ncnc(NCc2cccc(C(F)F)c2F)c1C1CCCO1)NC12CCC(F)(CC1)CC2. The zero-order valence-electron chi connectivity index (χ0n) is 20.0. The maximum Gasteiger partial charge on any atom is 0.266 e. The van der Waals surface area contributed by atoms with E-state index < -0.39 is 23.5 Å². The second-order valence-corrected chi connectivity index (χ2v) is 10.2. The molecule has 3 saturated carbocycles. The van der Waals surface area contributed by atoms with E-state index in [2.05, 4.69) is 20.6 Å². The first-order valence-electron chi connectivity index (χ1n) is 12.5. The highest BCUT2D eigenvalue weighted by molar-refractivity contribution is 5.80. The Hall–Kier alpha value is -2.75. The van der Waals surface area contributed by atoms with E-state index in [0.29, 0.717) is 68.6 Å². The predicted octanol–water partition coefficient (Wildman–Crippen LogP) is 5.49. The van der Waals surface area contributed by atoms with Crippen LogP contribution in [0.25, 0.3) is 0 Å². The molecule has 4 fully saturated rings. The van der Waals surface area contributed by atoms with Crippen LogP contribution >= 0.6 is 0 Å². The van der Waals surface area contributed by atoms with Crippen LogP contribution in [0.2, 0.25) is 0 Å². The lowest BCUT2D eigenvalue weighted by molar-refractivity contribution is -0.125. The smallest absolute Gasteiger partial charge is 0.266 e. The number of benzene rings is 1. The van der Waals surface area contributed by atoms with Gasteiger partial charge in [-0.1, -0.05) is 18.2 Å². The summed E-state index contributed by atoms with van der Waals surface area (Å²) in [4.78, 5) is 21.8. The van der Waals surface area contributed by atoms with E-state index in [0.717, 1.165) is 12.5 Å². The van der Waals surface area contributed by atoms with Gasteiger partial charge in [-0.2, -0.15) is 0 Å². The first kappa shape index (κ1) is 24.9. The minimum Gasteiger partial charge on any atom is -0.373 e. The summed E-state index contributed by atoms with van der Waals surface area (Å²) in [7, 11) is 0. The number of nitrogens with one attached hydrogen (secondary N) is 2. The van der Waals surface area contributed by atoms with Crippen molar-refractivity contribution in [1.82, 2.24) is 15.3 Å². The molecule has 1 atom stereocenters. The zero-order valence-corrected chi connectivity index (χ0v) is 20.0. The van der Waals surface area contributed by atoms with Crippen LogP contribution in [-0.4, -0.2) is 33.7 Å². The van der Waals surface area contributed by atoms with Crippen molar-refractivity contribution in [3.63, 3.8) is 0 Å². The number of hydrogen-bond donors (Lipinski definition) is 2. The molecule has 2 bridgehead atoms. The lowest BCUT2D eigenvalue weighted by atomic mass is 9.64. The van der Waals surface area contributed by atoms with Crippen molar-refractivity contribution in [1.29, 1.82) is 0 Å². The summed E-state index contributed by atoms with van der Waals surface area (Å²) in [5, 5.41) is 6.21. The van der Waals surface area contributed by atoms with E-state index in [1.807, 2.05) is 0 Å². The monoisotopic (exact) mass is 506 g/mol. The molecule has 1 amide bonds. The molecule has 1 aromatic carbocycles. The highest BCUT2D eigenvalue weighted by Gasteiger charge is 2.49. The molecule has 0 spiro atoms. The van der Waals surface area contributed by atoms with Gasteiger partial charge in [-0.05, 0) is 51.4 Å². The molecule has 3 aliphatic carbocycles. The number of rotatable bonds is 8.